The van der Waals surface area contributed by atoms with E-state index in [4.69, 9.17) is 9.84 Å². The van der Waals surface area contributed by atoms with Gasteiger partial charge in [0.25, 0.3) is 0 Å². The molecule has 0 amide bonds. The molecule has 1 atom stereocenters. The second kappa shape index (κ2) is 5.86. The molecule has 0 fully saturated rings. The lowest BCUT2D eigenvalue weighted by Gasteiger charge is -2.33. The van der Waals surface area contributed by atoms with Crippen molar-refractivity contribution < 1.29 is 14.6 Å². The minimum Gasteiger partial charge on any atom is -0.450 e. The zero-order valence-corrected chi connectivity index (χ0v) is 13.4. The topological polar surface area (TPSA) is 46.5 Å². The lowest BCUT2D eigenvalue weighted by molar-refractivity contribution is -0.0136. The van der Waals surface area contributed by atoms with Gasteiger partial charge in [-0.1, -0.05) is 52.0 Å². The highest BCUT2D eigenvalue weighted by atomic mass is 16.7. The van der Waals surface area contributed by atoms with E-state index >= 15 is 0 Å². The number of hydrogen-bond acceptors (Lipinski definition) is 2. The predicted molar refractivity (Wildman–Crippen MR) is 81.4 cm³/mol. The van der Waals surface area contributed by atoms with Crippen LogP contribution in [0, 0.1) is 0 Å². The summed E-state index contributed by atoms with van der Waals surface area (Å²) in [5, 5.41) is 8.90. The monoisotopic (exact) mass is 278 g/mol. The van der Waals surface area contributed by atoms with E-state index in [1.54, 1.807) is 0 Å². The molecule has 0 bridgehead atoms. The predicted octanol–water partition coefficient (Wildman–Crippen LogP) is 4.95. The smallest absolute Gasteiger partial charge is 0.450 e. The van der Waals surface area contributed by atoms with Crippen molar-refractivity contribution in [2.75, 3.05) is 0 Å². The Balaban J connectivity index is 3.16. The number of hydrogen-bond donors (Lipinski definition) is 1. The average molecular weight is 278 g/mol. The summed E-state index contributed by atoms with van der Waals surface area (Å²) in [5.74, 6) is 0.0425. The first-order chi connectivity index (χ1) is 9.08. The van der Waals surface area contributed by atoms with Crippen LogP contribution in [-0.2, 0) is 10.2 Å². The first-order valence-electron chi connectivity index (χ1n) is 7.10. The van der Waals surface area contributed by atoms with Crippen molar-refractivity contribution in [3.05, 3.63) is 35.4 Å². The maximum atomic E-state index is 10.9. The molecule has 1 rings (SSSR count). The molecule has 0 aromatic heterocycles. The van der Waals surface area contributed by atoms with Gasteiger partial charge in [0.15, 0.2) is 0 Å². The standard InChI is InChI=1S/C17H26O3/c1-7-14(17(5,6)20-15(18)19)12-9-8-10-13(11-12)16(2,3)4/h8-11,14H,7H2,1-6H3,(H,18,19). The van der Waals surface area contributed by atoms with Crippen LogP contribution < -0.4 is 0 Å². The Morgan fingerprint density at radius 2 is 1.85 bits per heavy atom. The van der Waals surface area contributed by atoms with E-state index in [1.807, 2.05) is 19.9 Å². The minimum absolute atomic E-state index is 0.0425. The number of ether oxygens (including phenoxy) is 1. The summed E-state index contributed by atoms with van der Waals surface area (Å²) < 4.78 is 5.09. The molecule has 0 radical (unpaired) electrons. The van der Waals surface area contributed by atoms with Gasteiger partial charge in [-0.3, -0.25) is 0 Å². The summed E-state index contributed by atoms with van der Waals surface area (Å²) in [4.78, 5) is 10.9. The fourth-order valence-corrected chi connectivity index (χ4v) is 2.65. The second-order valence-corrected chi connectivity index (χ2v) is 6.81. The molecule has 1 N–H and O–H groups in total. The van der Waals surface area contributed by atoms with Crippen LogP contribution in [-0.4, -0.2) is 16.9 Å². The lowest BCUT2D eigenvalue weighted by atomic mass is 9.79. The van der Waals surface area contributed by atoms with Gasteiger partial charge in [0, 0.05) is 5.92 Å². The molecule has 0 aliphatic carbocycles. The van der Waals surface area contributed by atoms with E-state index in [1.165, 1.54) is 5.56 Å². The summed E-state index contributed by atoms with van der Waals surface area (Å²) in [6.45, 7) is 12.2. The number of carbonyl (C=O) groups is 1. The van der Waals surface area contributed by atoms with Crippen LogP contribution >= 0.6 is 0 Å². The fraction of sp³-hybridized carbons (Fsp3) is 0.588. The third kappa shape index (κ3) is 3.99. The molecule has 0 spiro atoms. The summed E-state index contributed by atoms with van der Waals surface area (Å²) in [6, 6.07) is 8.37. The van der Waals surface area contributed by atoms with E-state index in [2.05, 4.69) is 45.9 Å². The first kappa shape index (κ1) is 16.5. The minimum atomic E-state index is -1.22. The molecular weight excluding hydrogens is 252 g/mol. The molecule has 3 nitrogen and oxygen atoms in total. The molecule has 20 heavy (non-hydrogen) atoms. The van der Waals surface area contributed by atoms with Crippen LogP contribution in [0.4, 0.5) is 4.79 Å². The number of carboxylic acid groups (broad SMARTS) is 1. The van der Waals surface area contributed by atoms with Gasteiger partial charge in [0.2, 0.25) is 0 Å². The van der Waals surface area contributed by atoms with Crippen LogP contribution in [0.1, 0.15) is 65.0 Å². The summed E-state index contributed by atoms with van der Waals surface area (Å²) in [5.41, 5.74) is 1.72. The maximum absolute atomic E-state index is 10.9. The van der Waals surface area contributed by atoms with E-state index in [9.17, 15) is 4.79 Å². The van der Waals surface area contributed by atoms with Crippen molar-refractivity contribution in [1.29, 1.82) is 0 Å². The van der Waals surface area contributed by atoms with E-state index in [0.29, 0.717) is 0 Å². The second-order valence-electron chi connectivity index (χ2n) is 6.81. The van der Waals surface area contributed by atoms with Gasteiger partial charge in [0.1, 0.15) is 5.60 Å². The highest BCUT2D eigenvalue weighted by Crippen LogP contribution is 2.36. The molecule has 1 aromatic carbocycles. The van der Waals surface area contributed by atoms with Crippen molar-refractivity contribution in [1.82, 2.24) is 0 Å². The van der Waals surface area contributed by atoms with Crippen molar-refractivity contribution in [2.45, 2.75) is 64.9 Å². The van der Waals surface area contributed by atoms with Crippen LogP contribution in [0.15, 0.2) is 24.3 Å². The van der Waals surface area contributed by atoms with Crippen LogP contribution in [0.5, 0.6) is 0 Å². The Kier molecular flexibility index (Phi) is 4.85. The summed E-state index contributed by atoms with van der Waals surface area (Å²) >= 11 is 0. The molecule has 112 valence electrons. The van der Waals surface area contributed by atoms with Crippen LogP contribution in [0.3, 0.4) is 0 Å². The molecule has 1 aromatic rings. The summed E-state index contributed by atoms with van der Waals surface area (Å²) in [6.07, 6.45) is -0.395. The van der Waals surface area contributed by atoms with Crippen molar-refractivity contribution >= 4 is 6.16 Å². The van der Waals surface area contributed by atoms with E-state index in [0.717, 1.165) is 12.0 Å². The normalized spacial score (nSPS) is 13.9. The third-order valence-electron chi connectivity index (χ3n) is 3.75. The van der Waals surface area contributed by atoms with Crippen LogP contribution in [0.25, 0.3) is 0 Å². The Labute approximate surface area is 122 Å². The van der Waals surface area contributed by atoms with Crippen molar-refractivity contribution in [3.8, 4) is 0 Å². The zero-order chi connectivity index (χ0) is 15.6. The molecule has 0 heterocycles. The van der Waals surface area contributed by atoms with Crippen LogP contribution in [0.2, 0.25) is 0 Å². The Bertz CT molecular complexity index is 469. The van der Waals surface area contributed by atoms with Crippen molar-refractivity contribution in [2.24, 2.45) is 0 Å². The fourth-order valence-electron chi connectivity index (χ4n) is 2.65. The molecule has 0 saturated carbocycles. The highest BCUT2D eigenvalue weighted by Gasteiger charge is 2.33. The maximum Gasteiger partial charge on any atom is 0.506 e. The van der Waals surface area contributed by atoms with E-state index < -0.39 is 11.8 Å². The summed E-state index contributed by atoms with van der Waals surface area (Å²) in [7, 11) is 0. The average Bonchev–Trinajstić information content (AvgIpc) is 2.26. The molecule has 0 aliphatic heterocycles. The molecule has 3 heteroatoms. The largest absolute Gasteiger partial charge is 0.506 e. The highest BCUT2D eigenvalue weighted by molar-refractivity contribution is 5.57. The first-order valence-corrected chi connectivity index (χ1v) is 7.10. The molecular formula is C17H26O3. The Hall–Kier alpha value is -1.51. The number of benzene rings is 1. The zero-order valence-electron chi connectivity index (χ0n) is 13.4. The van der Waals surface area contributed by atoms with Gasteiger partial charge in [-0.2, -0.15) is 0 Å². The number of rotatable bonds is 4. The quantitative estimate of drug-likeness (QED) is 0.792. The lowest BCUT2D eigenvalue weighted by Crippen LogP contribution is -2.34. The van der Waals surface area contributed by atoms with Gasteiger partial charge < -0.3 is 9.84 Å². The van der Waals surface area contributed by atoms with Gasteiger partial charge >= 0.3 is 6.16 Å². The van der Waals surface area contributed by atoms with Gasteiger partial charge in [-0.25, -0.2) is 4.79 Å². The van der Waals surface area contributed by atoms with Gasteiger partial charge in [-0.15, -0.1) is 0 Å². The van der Waals surface area contributed by atoms with E-state index in [-0.39, 0.29) is 11.3 Å². The SMILES string of the molecule is CCC(c1cccc(C(C)(C)C)c1)C(C)(C)OC(=O)O. The molecule has 1 unspecified atom stereocenters. The van der Waals surface area contributed by atoms with Crippen molar-refractivity contribution in [3.63, 3.8) is 0 Å². The molecule has 0 saturated heterocycles. The Morgan fingerprint density at radius 1 is 1.25 bits per heavy atom. The third-order valence-corrected chi connectivity index (χ3v) is 3.75. The Morgan fingerprint density at radius 3 is 2.30 bits per heavy atom. The van der Waals surface area contributed by atoms with Gasteiger partial charge in [-0.05, 0) is 36.8 Å². The van der Waals surface area contributed by atoms with Gasteiger partial charge in [0.05, 0.1) is 0 Å². The molecule has 0 aliphatic rings.